The fourth-order valence-electron chi connectivity index (χ4n) is 8.91. The van der Waals surface area contributed by atoms with E-state index >= 15 is 0 Å². The number of benzene rings is 1. The lowest BCUT2D eigenvalue weighted by atomic mass is 9.47. The summed E-state index contributed by atoms with van der Waals surface area (Å²) in [6.07, 6.45) is 11.7. The van der Waals surface area contributed by atoms with Gasteiger partial charge in [0.05, 0.1) is 24.7 Å². The first-order valence-electron chi connectivity index (χ1n) is 14.0. The van der Waals surface area contributed by atoms with Gasteiger partial charge in [-0.15, -0.1) is 0 Å². The van der Waals surface area contributed by atoms with Crippen LogP contribution in [0.4, 0.5) is 0 Å². The molecule has 0 spiro atoms. The SMILES string of the molecule is COc1ccc2nc(CNC(=O)C[C@H]3CC[C@H]4[C@@H]5CC[C@H]6N(C)C(=O)C=C[C@]6(C)[C@H]5CC[C@]34C)[nH]c2c1. The smallest absolute Gasteiger partial charge is 0.246 e. The van der Waals surface area contributed by atoms with Crippen molar-refractivity contribution in [1.82, 2.24) is 20.2 Å². The molecule has 7 atom stereocenters. The lowest BCUT2D eigenvalue weighted by Crippen LogP contribution is -2.59. The highest BCUT2D eigenvalue weighted by atomic mass is 16.5. The first kappa shape index (κ1) is 24.5. The van der Waals surface area contributed by atoms with Crippen LogP contribution in [-0.2, 0) is 16.1 Å². The van der Waals surface area contributed by atoms with E-state index in [0.717, 1.165) is 35.4 Å². The molecule has 2 amide bonds. The van der Waals surface area contributed by atoms with Gasteiger partial charge in [0.15, 0.2) is 0 Å². The highest BCUT2D eigenvalue weighted by Gasteiger charge is 2.60. The van der Waals surface area contributed by atoms with Gasteiger partial charge in [-0.1, -0.05) is 19.9 Å². The number of carbonyl (C=O) groups is 2. The Labute approximate surface area is 219 Å². The summed E-state index contributed by atoms with van der Waals surface area (Å²) in [5, 5.41) is 3.13. The minimum Gasteiger partial charge on any atom is -0.497 e. The predicted octanol–water partition coefficient (Wildman–Crippen LogP) is 4.83. The van der Waals surface area contributed by atoms with Gasteiger partial charge in [0.2, 0.25) is 11.8 Å². The van der Waals surface area contributed by atoms with E-state index in [4.69, 9.17) is 4.74 Å². The monoisotopic (exact) mass is 504 g/mol. The first-order chi connectivity index (χ1) is 17.7. The molecular formula is C30H40N4O3. The average Bonchev–Trinajstić information content (AvgIpc) is 3.45. The zero-order valence-electron chi connectivity index (χ0n) is 22.5. The number of hydrogen-bond acceptors (Lipinski definition) is 4. The largest absolute Gasteiger partial charge is 0.497 e. The fraction of sp³-hybridized carbons (Fsp3) is 0.633. The van der Waals surface area contributed by atoms with Crippen LogP contribution in [0.3, 0.4) is 0 Å². The van der Waals surface area contributed by atoms with Gasteiger partial charge in [-0.05, 0) is 85.8 Å². The quantitative estimate of drug-likeness (QED) is 0.610. The molecule has 7 nitrogen and oxygen atoms in total. The van der Waals surface area contributed by atoms with E-state index in [1.54, 1.807) is 7.11 Å². The molecule has 2 heterocycles. The number of amides is 2. The van der Waals surface area contributed by atoms with Crippen molar-refractivity contribution in [3.8, 4) is 5.75 Å². The Balaban J connectivity index is 1.11. The van der Waals surface area contributed by atoms with Crippen molar-refractivity contribution in [2.75, 3.05) is 14.2 Å². The van der Waals surface area contributed by atoms with E-state index in [-0.39, 0.29) is 22.6 Å². The third kappa shape index (κ3) is 3.88. The van der Waals surface area contributed by atoms with Gasteiger partial charge in [0.1, 0.15) is 11.6 Å². The fourth-order valence-corrected chi connectivity index (χ4v) is 8.91. The molecule has 0 bridgehead atoms. The van der Waals surface area contributed by atoms with Crippen LogP contribution in [0.5, 0.6) is 5.75 Å². The van der Waals surface area contributed by atoms with Gasteiger partial charge < -0.3 is 19.9 Å². The number of rotatable bonds is 5. The van der Waals surface area contributed by atoms with Crippen LogP contribution in [0.2, 0.25) is 0 Å². The van der Waals surface area contributed by atoms with Crippen molar-refractivity contribution in [3.63, 3.8) is 0 Å². The first-order valence-corrected chi connectivity index (χ1v) is 14.0. The average molecular weight is 505 g/mol. The van der Waals surface area contributed by atoms with E-state index in [1.165, 1.54) is 25.7 Å². The molecule has 198 valence electrons. The molecule has 1 aromatic heterocycles. The summed E-state index contributed by atoms with van der Waals surface area (Å²) in [6, 6.07) is 6.07. The number of fused-ring (bicyclic) bond motifs is 6. The van der Waals surface area contributed by atoms with Gasteiger partial charge >= 0.3 is 0 Å². The maximum Gasteiger partial charge on any atom is 0.246 e. The van der Waals surface area contributed by atoms with Crippen LogP contribution in [0.1, 0.15) is 64.6 Å². The second-order valence-electron chi connectivity index (χ2n) is 12.5. The maximum absolute atomic E-state index is 13.1. The summed E-state index contributed by atoms with van der Waals surface area (Å²) in [7, 11) is 3.63. The molecule has 3 fully saturated rings. The molecule has 6 rings (SSSR count). The summed E-state index contributed by atoms with van der Waals surface area (Å²) in [5.41, 5.74) is 2.08. The lowest BCUT2D eigenvalue weighted by Gasteiger charge is -2.60. The Hall–Kier alpha value is -2.83. The number of nitrogens with one attached hydrogen (secondary N) is 2. The Morgan fingerprint density at radius 1 is 1.19 bits per heavy atom. The van der Waals surface area contributed by atoms with Crippen molar-refractivity contribution in [3.05, 3.63) is 36.2 Å². The van der Waals surface area contributed by atoms with Crippen LogP contribution in [-0.4, -0.2) is 46.9 Å². The molecule has 3 aliphatic carbocycles. The molecular weight excluding hydrogens is 464 g/mol. The number of ether oxygens (including phenoxy) is 1. The molecule has 4 aliphatic rings. The summed E-state index contributed by atoms with van der Waals surface area (Å²) in [5.74, 6) is 4.23. The maximum atomic E-state index is 13.1. The molecule has 2 N–H and O–H groups in total. The van der Waals surface area contributed by atoms with Gasteiger partial charge in [-0.3, -0.25) is 9.59 Å². The number of methoxy groups -OCH3 is 1. The number of aromatic nitrogens is 2. The van der Waals surface area contributed by atoms with Crippen LogP contribution in [0, 0.1) is 34.5 Å². The Kier molecular flexibility index (Phi) is 5.88. The van der Waals surface area contributed by atoms with Gasteiger partial charge in [0.25, 0.3) is 0 Å². The zero-order chi connectivity index (χ0) is 25.9. The van der Waals surface area contributed by atoms with Crippen molar-refractivity contribution >= 4 is 22.8 Å². The molecule has 37 heavy (non-hydrogen) atoms. The van der Waals surface area contributed by atoms with Crippen molar-refractivity contribution < 1.29 is 14.3 Å². The molecule has 0 unspecified atom stereocenters. The normalized spacial score (nSPS) is 36.7. The minimum atomic E-state index is 0.0684. The third-order valence-electron chi connectivity index (χ3n) is 10.9. The standard InChI is InChI=1S/C30H40N4O3/c1-29-13-11-22-20(7-10-25-30(22,2)14-12-28(36)34(25)3)21(29)8-5-18(29)15-27(35)31-17-26-32-23-9-6-19(37-4)16-24(23)33-26/h6,9,12,14,16,18,20-22,25H,5,7-8,10-11,13,15,17H2,1-4H3,(H,31,35)(H,32,33)/t18-,20+,21+,22+,25-,29-,30-/m1/s1. The molecule has 0 saturated heterocycles. The topological polar surface area (TPSA) is 87.3 Å². The number of likely N-dealkylation sites (N-methyl/N-ethyl adjacent to an activating group) is 1. The predicted molar refractivity (Wildman–Crippen MR) is 143 cm³/mol. The van der Waals surface area contributed by atoms with Crippen molar-refractivity contribution in [2.45, 2.75) is 71.4 Å². The van der Waals surface area contributed by atoms with Crippen LogP contribution < -0.4 is 10.1 Å². The van der Waals surface area contributed by atoms with Crippen molar-refractivity contribution in [1.29, 1.82) is 0 Å². The second-order valence-corrected chi connectivity index (χ2v) is 12.5. The molecule has 7 heteroatoms. The van der Waals surface area contributed by atoms with Gasteiger partial charge in [-0.25, -0.2) is 4.98 Å². The number of aromatic amines is 1. The number of H-pyrrole nitrogens is 1. The number of carbonyl (C=O) groups excluding carboxylic acids is 2. The summed E-state index contributed by atoms with van der Waals surface area (Å²) in [4.78, 5) is 35.3. The summed E-state index contributed by atoms with van der Waals surface area (Å²) < 4.78 is 5.29. The molecule has 2 aromatic rings. The molecule has 0 radical (unpaired) electrons. The van der Waals surface area contributed by atoms with Crippen LogP contribution in [0.15, 0.2) is 30.4 Å². The van der Waals surface area contributed by atoms with E-state index in [2.05, 4.69) is 35.2 Å². The summed E-state index contributed by atoms with van der Waals surface area (Å²) in [6.45, 7) is 5.27. The van der Waals surface area contributed by atoms with E-state index < -0.39 is 0 Å². The zero-order valence-corrected chi connectivity index (χ0v) is 22.5. The molecule has 1 aliphatic heterocycles. The van der Waals surface area contributed by atoms with Gasteiger partial charge in [-0.2, -0.15) is 0 Å². The van der Waals surface area contributed by atoms with Crippen LogP contribution >= 0.6 is 0 Å². The van der Waals surface area contributed by atoms with E-state index in [1.807, 2.05) is 36.2 Å². The van der Waals surface area contributed by atoms with Crippen molar-refractivity contribution in [2.24, 2.45) is 34.5 Å². The Morgan fingerprint density at radius 3 is 2.84 bits per heavy atom. The second kappa shape index (κ2) is 8.88. The molecule has 1 aromatic carbocycles. The molecule has 3 saturated carbocycles. The number of nitrogens with zero attached hydrogens (tertiary/aromatic N) is 2. The lowest BCUT2D eigenvalue weighted by molar-refractivity contribution is -0.139. The highest BCUT2D eigenvalue weighted by molar-refractivity contribution is 5.89. The van der Waals surface area contributed by atoms with Gasteiger partial charge in [0, 0.05) is 31.0 Å². The highest BCUT2D eigenvalue weighted by Crippen LogP contribution is 2.65. The van der Waals surface area contributed by atoms with Crippen LogP contribution in [0.25, 0.3) is 11.0 Å². The third-order valence-corrected chi connectivity index (χ3v) is 10.9. The summed E-state index contributed by atoms with van der Waals surface area (Å²) >= 11 is 0. The number of imidazole rings is 1. The Morgan fingerprint density at radius 2 is 2.03 bits per heavy atom. The van der Waals surface area contributed by atoms with E-state index in [0.29, 0.717) is 42.7 Å². The van der Waals surface area contributed by atoms with E-state index in [9.17, 15) is 9.59 Å². The number of hydrogen-bond donors (Lipinski definition) is 2. The minimum absolute atomic E-state index is 0.0684. The Bertz CT molecular complexity index is 1250.